The Hall–Kier alpha value is -2.20. The molecule has 2 N–H and O–H groups in total. The quantitative estimate of drug-likeness (QED) is 0.847. The number of carbonyl (C=O) groups excluding carboxylic acids is 1. The van der Waals surface area contributed by atoms with Crippen LogP contribution < -0.4 is 5.73 Å². The molecule has 0 bridgehead atoms. The summed E-state index contributed by atoms with van der Waals surface area (Å²) in [5.41, 5.74) is 8.88. The molecule has 0 spiro atoms. The van der Waals surface area contributed by atoms with E-state index in [0.29, 0.717) is 6.42 Å². The first-order valence-electron chi connectivity index (χ1n) is 6.03. The van der Waals surface area contributed by atoms with E-state index in [0.717, 1.165) is 16.7 Å². The first-order valence-corrected chi connectivity index (χ1v) is 6.03. The Morgan fingerprint density at radius 1 is 1.26 bits per heavy atom. The number of ether oxygens (including phenoxy) is 1. The van der Waals surface area contributed by atoms with Crippen LogP contribution in [0.15, 0.2) is 48.8 Å². The van der Waals surface area contributed by atoms with Crippen molar-refractivity contribution < 1.29 is 9.53 Å². The molecule has 0 saturated heterocycles. The van der Waals surface area contributed by atoms with E-state index in [4.69, 9.17) is 5.73 Å². The van der Waals surface area contributed by atoms with Crippen LogP contribution in [0.2, 0.25) is 0 Å². The third-order valence-electron chi connectivity index (χ3n) is 2.91. The Morgan fingerprint density at radius 3 is 2.58 bits per heavy atom. The molecule has 98 valence electrons. The van der Waals surface area contributed by atoms with Crippen LogP contribution in [0.5, 0.6) is 0 Å². The number of carbonyl (C=O) groups is 1. The van der Waals surface area contributed by atoms with Gasteiger partial charge in [0.1, 0.15) is 6.04 Å². The molecular weight excluding hydrogens is 240 g/mol. The number of pyridine rings is 1. The summed E-state index contributed by atoms with van der Waals surface area (Å²) in [5, 5.41) is 0. The van der Waals surface area contributed by atoms with Crippen molar-refractivity contribution in [2.45, 2.75) is 12.5 Å². The van der Waals surface area contributed by atoms with Gasteiger partial charge in [0.15, 0.2) is 0 Å². The Bertz CT molecular complexity index is 538. The number of benzene rings is 1. The molecule has 2 aromatic rings. The number of nitrogens with zero attached hydrogens (tertiary/aromatic N) is 1. The lowest BCUT2D eigenvalue weighted by Crippen LogP contribution is -2.33. The summed E-state index contributed by atoms with van der Waals surface area (Å²) in [4.78, 5) is 15.3. The maximum absolute atomic E-state index is 11.2. The van der Waals surface area contributed by atoms with Gasteiger partial charge in [-0.1, -0.05) is 30.3 Å². The van der Waals surface area contributed by atoms with E-state index >= 15 is 0 Å². The fourth-order valence-electron chi connectivity index (χ4n) is 1.86. The first-order chi connectivity index (χ1) is 9.20. The van der Waals surface area contributed by atoms with Crippen LogP contribution in [0.25, 0.3) is 11.1 Å². The Balaban J connectivity index is 2.09. The Labute approximate surface area is 112 Å². The minimum Gasteiger partial charge on any atom is -0.468 e. The van der Waals surface area contributed by atoms with E-state index in [-0.39, 0.29) is 0 Å². The molecule has 1 heterocycles. The molecule has 0 unspecified atom stereocenters. The normalized spacial score (nSPS) is 11.9. The van der Waals surface area contributed by atoms with Gasteiger partial charge in [0.25, 0.3) is 0 Å². The molecule has 0 radical (unpaired) electrons. The third-order valence-corrected chi connectivity index (χ3v) is 2.91. The van der Waals surface area contributed by atoms with Crippen LogP contribution in [0.4, 0.5) is 0 Å². The lowest BCUT2D eigenvalue weighted by molar-refractivity contribution is -0.142. The predicted octanol–water partition coefficient (Wildman–Crippen LogP) is 1.79. The highest BCUT2D eigenvalue weighted by Crippen LogP contribution is 2.18. The van der Waals surface area contributed by atoms with Gasteiger partial charge in [0.2, 0.25) is 0 Å². The van der Waals surface area contributed by atoms with Crippen LogP contribution >= 0.6 is 0 Å². The Morgan fingerprint density at radius 2 is 2.00 bits per heavy atom. The molecule has 0 aliphatic rings. The van der Waals surface area contributed by atoms with Crippen LogP contribution in [-0.2, 0) is 16.0 Å². The van der Waals surface area contributed by atoms with Crippen molar-refractivity contribution in [1.29, 1.82) is 0 Å². The molecule has 19 heavy (non-hydrogen) atoms. The molecule has 0 aliphatic carbocycles. The average Bonchev–Trinajstić information content (AvgIpc) is 2.48. The zero-order valence-electron chi connectivity index (χ0n) is 10.7. The zero-order valence-corrected chi connectivity index (χ0v) is 10.7. The fourth-order valence-corrected chi connectivity index (χ4v) is 1.86. The van der Waals surface area contributed by atoms with Gasteiger partial charge in [-0.15, -0.1) is 0 Å². The average molecular weight is 256 g/mol. The summed E-state index contributed by atoms with van der Waals surface area (Å²) in [6, 6.07) is 11.2. The highest BCUT2D eigenvalue weighted by Gasteiger charge is 2.13. The maximum atomic E-state index is 11.2. The van der Waals surface area contributed by atoms with Gasteiger partial charge in [0.05, 0.1) is 7.11 Å². The number of rotatable bonds is 4. The molecule has 0 fully saturated rings. The molecule has 4 heteroatoms. The molecule has 0 amide bonds. The van der Waals surface area contributed by atoms with Crippen LogP contribution in [0.1, 0.15) is 5.56 Å². The van der Waals surface area contributed by atoms with Gasteiger partial charge in [-0.2, -0.15) is 0 Å². The van der Waals surface area contributed by atoms with Gasteiger partial charge < -0.3 is 10.5 Å². The largest absolute Gasteiger partial charge is 0.468 e. The van der Waals surface area contributed by atoms with Crippen molar-refractivity contribution in [3.05, 3.63) is 54.4 Å². The highest BCUT2D eigenvalue weighted by atomic mass is 16.5. The highest BCUT2D eigenvalue weighted by molar-refractivity contribution is 5.75. The van der Waals surface area contributed by atoms with Gasteiger partial charge >= 0.3 is 5.97 Å². The second-order valence-corrected chi connectivity index (χ2v) is 4.27. The van der Waals surface area contributed by atoms with E-state index in [9.17, 15) is 4.79 Å². The molecule has 2 rings (SSSR count). The van der Waals surface area contributed by atoms with E-state index in [1.54, 1.807) is 6.20 Å². The van der Waals surface area contributed by atoms with Crippen LogP contribution in [0, 0.1) is 0 Å². The standard InChI is InChI=1S/C15H16N2O2/c1-19-15(18)14(16)9-11-4-6-12(7-5-11)13-3-2-8-17-10-13/h2-8,10,14H,9,16H2,1H3/t14-/m1/s1. The van der Waals surface area contributed by atoms with Crippen molar-refractivity contribution in [3.63, 3.8) is 0 Å². The lowest BCUT2D eigenvalue weighted by Gasteiger charge is -2.09. The first kappa shape index (κ1) is 13.2. The molecule has 4 nitrogen and oxygen atoms in total. The summed E-state index contributed by atoms with van der Waals surface area (Å²) in [6.45, 7) is 0. The number of nitrogens with two attached hydrogens (primary N) is 1. The molecule has 0 aliphatic heterocycles. The second-order valence-electron chi connectivity index (χ2n) is 4.27. The van der Waals surface area contributed by atoms with Gasteiger partial charge in [-0.3, -0.25) is 9.78 Å². The van der Waals surface area contributed by atoms with E-state index < -0.39 is 12.0 Å². The summed E-state index contributed by atoms with van der Waals surface area (Å²) in [5.74, 6) is -0.392. The van der Waals surface area contributed by atoms with Crippen molar-refractivity contribution >= 4 is 5.97 Å². The van der Waals surface area contributed by atoms with Crippen LogP contribution in [0.3, 0.4) is 0 Å². The third kappa shape index (κ3) is 3.39. The number of methoxy groups -OCH3 is 1. The SMILES string of the molecule is COC(=O)[C@H](N)Cc1ccc(-c2cccnc2)cc1. The lowest BCUT2D eigenvalue weighted by atomic mass is 10.0. The second kappa shape index (κ2) is 6.11. The summed E-state index contributed by atoms with van der Waals surface area (Å²) in [6.07, 6.45) is 4.03. The van der Waals surface area contributed by atoms with Crippen LogP contribution in [-0.4, -0.2) is 24.1 Å². The molecule has 0 saturated carbocycles. The van der Waals surface area contributed by atoms with Crippen molar-refractivity contribution in [2.75, 3.05) is 7.11 Å². The van der Waals surface area contributed by atoms with E-state index in [2.05, 4.69) is 9.72 Å². The topological polar surface area (TPSA) is 65.2 Å². The summed E-state index contributed by atoms with van der Waals surface area (Å²) >= 11 is 0. The van der Waals surface area contributed by atoms with Gasteiger partial charge in [0, 0.05) is 12.4 Å². The monoisotopic (exact) mass is 256 g/mol. The number of hydrogen-bond donors (Lipinski definition) is 1. The number of aromatic nitrogens is 1. The molecule has 1 atom stereocenters. The molecular formula is C15H16N2O2. The van der Waals surface area contributed by atoms with Gasteiger partial charge in [-0.25, -0.2) is 0 Å². The van der Waals surface area contributed by atoms with E-state index in [1.807, 2.05) is 42.6 Å². The smallest absolute Gasteiger partial charge is 0.322 e. The van der Waals surface area contributed by atoms with E-state index in [1.165, 1.54) is 7.11 Å². The summed E-state index contributed by atoms with van der Waals surface area (Å²) < 4.78 is 4.61. The maximum Gasteiger partial charge on any atom is 0.322 e. The van der Waals surface area contributed by atoms with Crippen molar-refractivity contribution in [1.82, 2.24) is 4.98 Å². The molecule has 1 aromatic carbocycles. The zero-order chi connectivity index (χ0) is 13.7. The Kier molecular flexibility index (Phi) is 4.26. The predicted molar refractivity (Wildman–Crippen MR) is 73.4 cm³/mol. The number of esters is 1. The fraction of sp³-hybridized carbons (Fsp3) is 0.200. The van der Waals surface area contributed by atoms with Crippen molar-refractivity contribution in [3.8, 4) is 11.1 Å². The van der Waals surface area contributed by atoms with Crippen molar-refractivity contribution in [2.24, 2.45) is 5.73 Å². The minimum absolute atomic E-state index is 0.392. The molecule has 1 aromatic heterocycles. The minimum atomic E-state index is -0.616. The number of hydrogen-bond acceptors (Lipinski definition) is 4. The summed E-state index contributed by atoms with van der Waals surface area (Å²) in [7, 11) is 1.34. The van der Waals surface area contributed by atoms with Gasteiger partial charge in [-0.05, 0) is 29.2 Å².